The third-order valence-electron chi connectivity index (χ3n) is 6.57. The number of cyclic esters (lactones) is 1. The van der Waals surface area contributed by atoms with Gasteiger partial charge in [0.05, 0.1) is 19.6 Å². The number of ether oxygens (including phenoxy) is 2. The monoisotopic (exact) mass is 520 g/mol. The number of aromatic hydroxyl groups is 5. The van der Waals surface area contributed by atoms with Gasteiger partial charge in [-0.25, -0.2) is 0 Å². The average Bonchev–Trinajstić information content (AvgIpc) is 3.22. The van der Waals surface area contributed by atoms with Gasteiger partial charge in [0.25, 0.3) is 0 Å². The van der Waals surface area contributed by atoms with Crippen molar-refractivity contribution in [2.24, 2.45) is 11.8 Å². The van der Waals surface area contributed by atoms with Crippen molar-refractivity contribution < 1.29 is 44.6 Å². The minimum atomic E-state index is -0.593. The highest BCUT2D eigenvalue weighted by Gasteiger charge is 2.37. The molecule has 9 nitrogen and oxygen atoms in total. The highest BCUT2D eigenvalue weighted by atomic mass is 16.5. The maximum absolute atomic E-state index is 12.5. The highest BCUT2D eigenvalue weighted by Crippen LogP contribution is 2.38. The van der Waals surface area contributed by atoms with Gasteiger partial charge in [-0.15, -0.1) is 0 Å². The molecule has 0 amide bonds. The Kier molecular flexibility index (Phi) is 7.76. The van der Waals surface area contributed by atoms with Gasteiger partial charge in [-0.1, -0.05) is 24.3 Å². The smallest absolute Gasteiger partial charge is 0.309 e. The Bertz CT molecular complexity index is 1370. The molecule has 1 aliphatic rings. The summed E-state index contributed by atoms with van der Waals surface area (Å²) in [5.74, 6) is -2.68. The number of rotatable bonds is 9. The topological polar surface area (TPSA) is 154 Å². The van der Waals surface area contributed by atoms with E-state index >= 15 is 0 Å². The molecule has 4 rings (SSSR count). The number of allylic oxidation sites excluding steroid dienone is 1. The summed E-state index contributed by atoms with van der Waals surface area (Å²) in [6.45, 7) is 0.195. The van der Waals surface area contributed by atoms with E-state index in [1.807, 2.05) is 6.07 Å². The Morgan fingerprint density at radius 2 is 1.66 bits per heavy atom. The van der Waals surface area contributed by atoms with Gasteiger partial charge in [-0.2, -0.15) is 0 Å². The second kappa shape index (κ2) is 11.2. The molecule has 0 bridgehead atoms. The fourth-order valence-corrected chi connectivity index (χ4v) is 4.53. The first-order valence-electron chi connectivity index (χ1n) is 11.9. The van der Waals surface area contributed by atoms with Crippen LogP contribution in [0.5, 0.6) is 34.5 Å². The van der Waals surface area contributed by atoms with Gasteiger partial charge in [0.15, 0.2) is 34.5 Å². The SMILES string of the molecule is COc1cc(C[C@H]2C(=O)OC[C@@H]2Cc2cc(O)c(O)c(O)c2)ccc1CC(=O)/C=C/c1ccc(O)c(O)c1. The predicted octanol–water partition coefficient (Wildman–Crippen LogP) is 3.62. The number of phenolic OH excluding ortho intramolecular Hbond substituents is 5. The summed E-state index contributed by atoms with van der Waals surface area (Å²) in [5.41, 5.74) is 2.61. The zero-order valence-electron chi connectivity index (χ0n) is 20.6. The quantitative estimate of drug-likeness (QED) is 0.162. The summed E-state index contributed by atoms with van der Waals surface area (Å²) in [7, 11) is 1.50. The van der Waals surface area contributed by atoms with Crippen LogP contribution in [0.2, 0.25) is 0 Å². The summed E-state index contributed by atoms with van der Waals surface area (Å²) < 4.78 is 10.8. The maximum Gasteiger partial charge on any atom is 0.309 e. The molecule has 5 N–H and O–H groups in total. The molecule has 3 aromatic rings. The lowest BCUT2D eigenvalue weighted by Crippen LogP contribution is -2.20. The molecule has 1 aliphatic heterocycles. The summed E-state index contributed by atoms with van der Waals surface area (Å²) in [4.78, 5) is 25.0. The molecule has 2 atom stereocenters. The molecule has 0 radical (unpaired) electrons. The molecule has 198 valence electrons. The van der Waals surface area contributed by atoms with Crippen molar-refractivity contribution >= 4 is 17.8 Å². The fourth-order valence-electron chi connectivity index (χ4n) is 4.53. The summed E-state index contributed by atoms with van der Waals surface area (Å²) in [5, 5.41) is 48.2. The van der Waals surface area contributed by atoms with Crippen molar-refractivity contribution in [3.05, 3.63) is 76.9 Å². The van der Waals surface area contributed by atoms with Crippen LogP contribution in [0.4, 0.5) is 0 Å². The predicted molar refractivity (Wildman–Crippen MR) is 137 cm³/mol. The number of carbonyl (C=O) groups is 2. The molecule has 3 aromatic carbocycles. The minimum Gasteiger partial charge on any atom is -0.504 e. The number of carbonyl (C=O) groups excluding carboxylic acids is 2. The van der Waals surface area contributed by atoms with Crippen molar-refractivity contribution in [1.82, 2.24) is 0 Å². The number of ketones is 1. The van der Waals surface area contributed by atoms with Crippen molar-refractivity contribution in [3.8, 4) is 34.5 Å². The van der Waals surface area contributed by atoms with Crippen molar-refractivity contribution in [1.29, 1.82) is 0 Å². The number of hydrogen-bond acceptors (Lipinski definition) is 9. The van der Waals surface area contributed by atoms with Crippen LogP contribution in [-0.2, 0) is 33.6 Å². The standard InChI is InChI=1S/C29H28O9/c1-37-27-13-17(2-5-19(27)14-21(30)6-3-16-4-7-23(31)24(32)10-16)9-22-20(15-38-29(22)36)8-18-11-25(33)28(35)26(34)12-18/h2-7,10-13,20,22,31-35H,8-9,14-15H2,1H3/b6-3+/t20-,22+/m0/s1. The lowest BCUT2D eigenvalue weighted by molar-refractivity contribution is -0.141. The molecular weight excluding hydrogens is 492 g/mol. The highest BCUT2D eigenvalue weighted by molar-refractivity contribution is 5.95. The van der Waals surface area contributed by atoms with Gasteiger partial charge in [-0.05, 0) is 65.9 Å². The van der Waals surface area contributed by atoms with Crippen LogP contribution in [-0.4, -0.2) is 51.0 Å². The molecule has 0 saturated carbocycles. The first-order valence-corrected chi connectivity index (χ1v) is 11.9. The van der Waals surface area contributed by atoms with Crippen molar-refractivity contribution in [2.75, 3.05) is 13.7 Å². The lowest BCUT2D eigenvalue weighted by Gasteiger charge is -2.17. The number of phenols is 5. The van der Waals surface area contributed by atoms with Gasteiger partial charge in [0, 0.05) is 17.9 Å². The molecule has 1 heterocycles. The van der Waals surface area contributed by atoms with E-state index in [9.17, 15) is 35.1 Å². The third-order valence-corrected chi connectivity index (χ3v) is 6.57. The third kappa shape index (κ3) is 6.00. The van der Waals surface area contributed by atoms with Crippen LogP contribution in [0.15, 0.2) is 54.6 Å². The Balaban J connectivity index is 1.44. The zero-order chi connectivity index (χ0) is 27.4. The number of hydrogen-bond donors (Lipinski definition) is 5. The number of benzene rings is 3. The van der Waals surface area contributed by atoms with Gasteiger partial charge in [0.1, 0.15) is 5.75 Å². The molecule has 9 heteroatoms. The van der Waals surface area contributed by atoms with Crippen molar-refractivity contribution in [2.45, 2.75) is 19.3 Å². The van der Waals surface area contributed by atoms with Crippen LogP contribution in [0.25, 0.3) is 6.08 Å². The Hall–Kier alpha value is -4.66. The first kappa shape index (κ1) is 26.4. The van der Waals surface area contributed by atoms with E-state index < -0.39 is 23.2 Å². The molecule has 1 saturated heterocycles. The largest absolute Gasteiger partial charge is 0.504 e. The van der Waals surface area contributed by atoms with E-state index in [0.29, 0.717) is 35.3 Å². The number of methoxy groups -OCH3 is 1. The molecule has 0 aliphatic carbocycles. The normalized spacial score (nSPS) is 17.0. The molecule has 1 fully saturated rings. The van der Waals surface area contributed by atoms with E-state index in [4.69, 9.17) is 9.47 Å². The molecule has 0 aromatic heterocycles. The average molecular weight is 521 g/mol. The minimum absolute atomic E-state index is 0.0754. The van der Waals surface area contributed by atoms with Gasteiger partial charge >= 0.3 is 5.97 Å². The van der Waals surface area contributed by atoms with Crippen LogP contribution >= 0.6 is 0 Å². The van der Waals surface area contributed by atoms with Gasteiger partial charge in [-0.3, -0.25) is 9.59 Å². The first-order chi connectivity index (χ1) is 18.1. The van der Waals surface area contributed by atoms with Crippen LogP contribution in [0.1, 0.15) is 22.3 Å². The molecule has 38 heavy (non-hydrogen) atoms. The molecular formula is C29H28O9. The van der Waals surface area contributed by atoms with E-state index in [2.05, 4.69) is 0 Å². The van der Waals surface area contributed by atoms with E-state index in [1.165, 1.54) is 37.5 Å². The zero-order valence-corrected chi connectivity index (χ0v) is 20.6. The van der Waals surface area contributed by atoms with Gasteiger partial charge in [0.2, 0.25) is 0 Å². The lowest BCUT2D eigenvalue weighted by atomic mass is 9.84. The Morgan fingerprint density at radius 1 is 0.921 bits per heavy atom. The number of esters is 1. The summed E-state index contributed by atoms with van der Waals surface area (Å²) >= 11 is 0. The van der Waals surface area contributed by atoms with Crippen LogP contribution in [0, 0.1) is 11.8 Å². The molecule has 0 spiro atoms. The summed E-state index contributed by atoms with van der Waals surface area (Å²) in [6.07, 6.45) is 3.73. The molecule has 0 unspecified atom stereocenters. The van der Waals surface area contributed by atoms with E-state index in [-0.39, 0.29) is 42.2 Å². The Morgan fingerprint density at radius 3 is 2.34 bits per heavy atom. The van der Waals surface area contributed by atoms with Gasteiger partial charge < -0.3 is 35.0 Å². The Labute approximate surface area is 218 Å². The van der Waals surface area contributed by atoms with Crippen LogP contribution in [0.3, 0.4) is 0 Å². The van der Waals surface area contributed by atoms with E-state index in [1.54, 1.807) is 24.3 Å². The van der Waals surface area contributed by atoms with Crippen molar-refractivity contribution in [3.63, 3.8) is 0 Å². The maximum atomic E-state index is 12.5. The second-order valence-corrected chi connectivity index (χ2v) is 9.26. The fraction of sp³-hybridized carbons (Fsp3) is 0.241. The summed E-state index contributed by atoms with van der Waals surface area (Å²) in [6, 6.07) is 12.3. The second-order valence-electron chi connectivity index (χ2n) is 9.26. The van der Waals surface area contributed by atoms with E-state index in [0.717, 1.165) is 5.56 Å². The van der Waals surface area contributed by atoms with Crippen LogP contribution < -0.4 is 4.74 Å².